The Kier molecular flexibility index (Phi) is 36.2. The predicted octanol–water partition coefficient (Wildman–Crippen LogP) is 20.5. The summed E-state index contributed by atoms with van der Waals surface area (Å²) >= 11 is 0. The lowest BCUT2D eigenvalue weighted by Crippen LogP contribution is -2.08. The van der Waals surface area contributed by atoms with E-state index in [1.54, 1.807) is 0 Å². The summed E-state index contributed by atoms with van der Waals surface area (Å²) in [6.07, 6.45) is 45.2. The molecule has 0 aliphatic rings. The molecule has 430 valence electrons. The second kappa shape index (κ2) is 43.4. The van der Waals surface area contributed by atoms with Gasteiger partial charge in [0.15, 0.2) is 11.5 Å². The molecule has 0 fully saturated rings. The molecule has 8 heteroatoms. The maximum atomic E-state index is 13.3. The van der Waals surface area contributed by atoms with Gasteiger partial charge in [-0.2, -0.15) is 0 Å². The Bertz CT molecular complexity index is 2130. The Labute approximate surface area is 473 Å². The van der Waals surface area contributed by atoms with Crippen molar-refractivity contribution in [2.45, 2.75) is 226 Å². The van der Waals surface area contributed by atoms with E-state index in [-0.39, 0.29) is 0 Å². The second-order valence-electron chi connectivity index (χ2n) is 21.3. The average molecular weight is 1070 g/mol. The summed E-state index contributed by atoms with van der Waals surface area (Å²) in [5, 5.41) is 0. The van der Waals surface area contributed by atoms with Crippen LogP contribution in [0.25, 0.3) is 23.3 Å². The molecule has 0 saturated heterocycles. The first-order valence-electron chi connectivity index (χ1n) is 31.1. The van der Waals surface area contributed by atoms with E-state index in [1.807, 2.05) is 72.8 Å². The summed E-state index contributed by atoms with van der Waals surface area (Å²) in [6, 6.07) is 27.1. The molecule has 0 heterocycles. The Morgan fingerprint density at radius 3 is 1.18 bits per heavy atom. The van der Waals surface area contributed by atoms with E-state index < -0.39 is 11.9 Å². The number of carbonyl (C=O) groups excluding carboxylic acids is 2. The highest BCUT2D eigenvalue weighted by Crippen LogP contribution is 2.40. The molecule has 0 atom stereocenters. The van der Waals surface area contributed by atoms with Crippen molar-refractivity contribution in [3.8, 4) is 39.9 Å². The van der Waals surface area contributed by atoms with E-state index >= 15 is 0 Å². The van der Waals surface area contributed by atoms with Gasteiger partial charge in [0, 0.05) is 6.08 Å². The maximum absolute atomic E-state index is 13.3. The molecule has 8 nitrogen and oxygen atoms in total. The highest BCUT2D eigenvalue weighted by atomic mass is 16.5. The first kappa shape index (κ1) is 65.0. The molecule has 0 saturated carbocycles. The first-order chi connectivity index (χ1) is 38.4. The Balaban J connectivity index is 1.38. The van der Waals surface area contributed by atoms with Gasteiger partial charge in [-0.25, -0.2) is 9.59 Å². The Morgan fingerprint density at radius 1 is 0.385 bits per heavy atom. The SMILES string of the molecule is C=CC(=O)OCCCCOc1ccc(-c2ccc(OC(=O)c3ccc(/C=C/c4cc(OCCCCCCCCCCCC)c(OCCCCCCCCCCCC)c(OCCCCCCCCCCCC)c4)cc3)cc2)cc1. The van der Waals surface area contributed by atoms with Crippen molar-refractivity contribution in [1.82, 2.24) is 0 Å². The summed E-state index contributed by atoms with van der Waals surface area (Å²) in [5.74, 6) is 2.65. The van der Waals surface area contributed by atoms with Crippen LogP contribution in [-0.2, 0) is 9.53 Å². The van der Waals surface area contributed by atoms with Crippen LogP contribution in [0.15, 0.2) is 97.6 Å². The molecule has 4 aromatic rings. The van der Waals surface area contributed by atoms with Crippen LogP contribution in [0.2, 0.25) is 0 Å². The lowest BCUT2D eigenvalue weighted by molar-refractivity contribution is -0.137. The van der Waals surface area contributed by atoms with Crippen molar-refractivity contribution >= 4 is 24.1 Å². The molecule has 78 heavy (non-hydrogen) atoms. The van der Waals surface area contributed by atoms with E-state index in [0.29, 0.717) is 44.3 Å². The topological polar surface area (TPSA) is 89.5 Å². The van der Waals surface area contributed by atoms with Gasteiger partial charge in [0.05, 0.1) is 38.6 Å². The lowest BCUT2D eigenvalue weighted by atomic mass is 10.1. The number of esters is 2. The molecule has 0 N–H and O–H groups in total. The zero-order chi connectivity index (χ0) is 55.4. The molecule has 0 aliphatic heterocycles. The third-order valence-corrected chi connectivity index (χ3v) is 14.4. The zero-order valence-electron chi connectivity index (χ0n) is 49.0. The van der Waals surface area contributed by atoms with E-state index in [0.717, 1.165) is 90.2 Å². The quantitative estimate of drug-likeness (QED) is 0.0142. The van der Waals surface area contributed by atoms with Crippen LogP contribution in [-0.4, -0.2) is 45.0 Å². The van der Waals surface area contributed by atoms with Crippen LogP contribution >= 0.6 is 0 Å². The molecule has 0 amide bonds. The van der Waals surface area contributed by atoms with Crippen LogP contribution in [0.4, 0.5) is 0 Å². The average Bonchev–Trinajstić information content (AvgIpc) is 3.48. The number of hydrogen-bond acceptors (Lipinski definition) is 8. The van der Waals surface area contributed by atoms with Crippen LogP contribution in [0, 0.1) is 0 Å². The highest BCUT2D eigenvalue weighted by molar-refractivity contribution is 5.91. The standard InChI is InChI=1S/C70H102O8/c1-5-9-12-15-18-21-24-27-30-33-53-74-66-57-60(58-67(75-54-34-31-28-25-22-19-16-13-10-6-2)69(66)77-56-35-32-29-26-23-20-17-14-11-7-3)39-38-59-40-42-63(43-41-59)70(72)78-65-50-46-62(47-51-65)61-44-48-64(49-45-61)73-52-36-37-55-76-68(71)8-4/h8,38-51,57-58H,4-7,9-37,52-56H2,1-3H3/b39-38+. The summed E-state index contributed by atoms with van der Waals surface area (Å²) in [6.45, 7) is 13.1. The van der Waals surface area contributed by atoms with Gasteiger partial charge >= 0.3 is 11.9 Å². The molecule has 0 unspecified atom stereocenters. The van der Waals surface area contributed by atoms with E-state index in [1.165, 1.54) is 167 Å². The molecular formula is C70H102O8. The molecule has 4 rings (SSSR count). The number of hydrogen-bond donors (Lipinski definition) is 0. The van der Waals surface area contributed by atoms with Crippen molar-refractivity contribution in [3.63, 3.8) is 0 Å². The number of unbranched alkanes of at least 4 members (excludes halogenated alkanes) is 28. The van der Waals surface area contributed by atoms with Gasteiger partial charge in [-0.3, -0.25) is 0 Å². The van der Waals surface area contributed by atoms with Gasteiger partial charge in [-0.05, 0) is 103 Å². The van der Waals surface area contributed by atoms with Gasteiger partial charge in [0.25, 0.3) is 0 Å². The number of benzene rings is 4. The van der Waals surface area contributed by atoms with Gasteiger partial charge in [-0.15, -0.1) is 0 Å². The molecule has 0 aliphatic carbocycles. The largest absolute Gasteiger partial charge is 0.494 e. The van der Waals surface area contributed by atoms with Crippen LogP contribution in [0.3, 0.4) is 0 Å². The Hall–Kier alpha value is -5.50. The van der Waals surface area contributed by atoms with Gasteiger partial charge < -0.3 is 28.4 Å². The van der Waals surface area contributed by atoms with E-state index in [2.05, 4.69) is 51.6 Å². The highest BCUT2D eigenvalue weighted by Gasteiger charge is 2.16. The second-order valence-corrected chi connectivity index (χ2v) is 21.3. The fraction of sp³-hybridized carbons (Fsp3) is 0.571. The molecule has 0 spiro atoms. The first-order valence-corrected chi connectivity index (χ1v) is 31.1. The van der Waals surface area contributed by atoms with Crippen molar-refractivity contribution < 1.29 is 38.0 Å². The molecule has 4 aromatic carbocycles. The zero-order valence-corrected chi connectivity index (χ0v) is 49.0. The summed E-state index contributed by atoms with van der Waals surface area (Å²) in [7, 11) is 0. The molecular weight excluding hydrogens is 969 g/mol. The van der Waals surface area contributed by atoms with E-state index in [9.17, 15) is 9.59 Å². The van der Waals surface area contributed by atoms with Crippen LogP contribution < -0.4 is 23.7 Å². The summed E-state index contributed by atoms with van der Waals surface area (Å²) < 4.78 is 36.6. The van der Waals surface area contributed by atoms with Gasteiger partial charge in [0.1, 0.15) is 11.5 Å². The van der Waals surface area contributed by atoms with Crippen molar-refractivity contribution in [1.29, 1.82) is 0 Å². The van der Waals surface area contributed by atoms with Crippen LogP contribution in [0.5, 0.6) is 28.7 Å². The van der Waals surface area contributed by atoms with Crippen molar-refractivity contribution in [3.05, 3.63) is 114 Å². The Morgan fingerprint density at radius 2 is 0.744 bits per heavy atom. The van der Waals surface area contributed by atoms with Gasteiger partial charge in [-0.1, -0.05) is 249 Å². The minimum absolute atomic E-state index is 0.350. The third-order valence-electron chi connectivity index (χ3n) is 14.4. The summed E-state index contributed by atoms with van der Waals surface area (Å²) in [5.41, 5.74) is 4.42. The smallest absolute Gasteiger partial charge is 0.343 e. The van der Waals surface area contributed by atoms with Gasteiger partial charge in [0.2, 0.25) is 5.75 Å². The number of carbonyl (C=O) groups is 2. The molecule has 0 bridgehead atoms. The number of ether oxygens (including phenoxy) is 6. The fourth-order valence-electron chi connectivity index (χ4n) is 9.53. The minimum atomic E-state index is -0.416. The van der Waals surface area contributed by atoms with E-state index in [4.69, 9.17) is 28.4 Å². The minimum Gasteiger partial charge on any atom is -0.494 e. The number of rotatable bonds is 48. The predicted molar refractivity (Wildman–Crippen MR) is 327 cm³/mol. The monoisotopic (exact) mass is 1070 g/mol. The third kappa shape index (κ3) is 29.5. The fourth-order valence-corrected chi connectivity index (χ4v) is 9.53. The van der Waals surface area contributed by atoms with Crippen molar-refractivity contribution in [2.75, 3.05) is 33.0 Å². The molecule has 0 aromatic heterocycles. The van der Waals surface area contributed by atoms with Crippen molar-refractivity contribution in [2.24, 2.45) is 0 Å². The molecule has 0 radical (unpaired) electrons. The normalized spacial score (nSPS) is 11.2. The maximum Gasteiger partial charge on any atom is 0.343 e. The lowest BCUT2D eigenvalue weighted by Gasteiger charge is -2.18. The van der Waals surface area contributed by atoms with Crippen LogP contribution in [0.1, 0.15) is 248 Å². The summed E-state index contributed by atoms with van der Waals surface area (Å²) in [4.78, 5) is 24.5.